The molecular weight excluding hydrogens is 265 g/mol. The summed E-state index contributed by atoms with van der Waals surface area (Å²) in [4.78, 5) is 11.4. The lowest BCUT2D eigenvalue weighted by Crippen LogP contribution is -2.47. The summed E-state index contributed by atoms with van der Waals surface area (Å²) in [5.41, 5.74) is 4.13. The van der Waals surface area contributed by atoms with Crippen LogP contribution in [0.2, 0.25) is 0 Å². The summed E-state index contributed by atoms with van der Waals surface area (Å²) < 4.78 is 37.8. The number of rotatable bonds is 6. The number of amides is 1. The maximum atomic E-state index is 12.6. The molecule has 0 rings (SSSR count). The summed E-state index contributed by atoms with van der Waals surface area (Å²) in [5, 5.41) is 15.6. The van der Waals surface area contributed by atoms with Crippen LogP contribution in [0.15, 0.2) is 5.16 Å². The third-order valence-electron chi connectivity index (χ3n) is 2.62. The number of hydrogen-bond donors (Lipinski definition) is 4. The van der Waals surface area contributed by atoms with Gasteiger partial charge in [0, 0.05) is 20.1 Å². The monoisotopic (exact) mass is 284 g/mol. The molecule has 1 amide bonds. The van der Waals surface area contributed by atoms with Crippen LogP contribution >= 0.6 is 0 Å². The molecule has 0 saturated heterocycles. The molecule has 0 aromatic heterocycles. The molecule has 0 saturated carbocycles. The molecule has 9 heteroatoms. The van der Waals surface area contributed by atoms with E-state index in [-0.39, 0.29) is 12.5 Å². The molecule has 6 nitrogen and oxygen atoms in total. The van der Waals surface area contributed by atoms with E-state index in [1.807, 2.05) is 0 Å². The highest BCUT2D eigenvalue weighted by atomic mass is 19.4. The first-order valence-electron chi connectivity index (χ1n) is 5.53. The number of nitrogens with one attached hydrogen (secondary N) is 2. The second kappa shape index (κ2) is 6.60. The van der Waals surface area contributed by atoms with Crippen molar-refractivity contribution < 1.29 is 23.2 Å². The topological polar surface area (TPSA) is 99.7 Å². The van der Waals surface area contributed by atoms with E-state index in [1.54, 1.807) is 13.8 Å². The number of amidine groups is 1. The van der Waals surface area contributed by atoms with Crippen LogP contribution in [0.3, 0.4) is 0 Å². The summed E-state index contributed by atoms with van der Waals surface area (Å²) in [5.74, 6) is -3.32. The molecule has 1 unspecified atom stereocenters. The van der Waals surface area contributed by atoms with Gasteiger partial charge in [-0.15, -0.1) is 0 Å². The minimum Gasteiger partial charge on any atom is -0.409 e. The van der Waals surface area contributed by atoms with E-state index in [9.17, 15) is 18.0 Å². The zero-order chi connectivity index (χ0) is 15.3. The van der Waals surface area contributed by atoms with Crippen molar-refractivity contribution in [2.45, 2.75) is 20.0 Å². The molecule has 1 atom stereocenters. The Labute approximate surface area is 109 Å². The number of alkyl halides is 3. The normalized spacial score (nSPS) is 15.2. The fourth-order valence-corrected chi connectivity index (χ4v) is 1.41. The molecule has 19 heavy (non-hydrogen) atoms. The van der Waals surface area contributed by atoms with Crippen LogP contribution in [0, 0.1) is 11.3 Å². The highest BCUT2D eigenvalue weighted by Gasteiger charge is 2.42. The van der Waals surface area contributed by atoms with Crippen molar-refractivity contribution >= 4 is 11.7 Å². The Morgan fingerprint density at radius 3 is 2.32 bits per heavy atom. The van der Waals surface area contributed by atoms with Gasteiger partial charge in [-0.3, -0.25) is 4.79 Å². The van der Waals surface area contributed by atoms with Gasteiger partial charge in [0.15, 0.2) is 5.84 Å². The van der Waals surface area contributed by atoms with Gasteiger partial charge in [0.05, 0.1) is 5.41 Å². The lowest BCUT2D eigenvalue weighted by Gasteiger charge is -2.25. The van der Waals surface area contributed by atoms with Crippen molar-refractivity contribution in [2.75, 3.05) is 20.1 Å². The van der Waals surface area contributed by atoms with Gasteiger partial charge in [-0.25, -0.2) is 0 Å². The maximum Gasteiger partial charge on any atom is 0.400 e. The van der Waals surface area contributed by atoms with Gasteiger partial charge in [0.2, 0.25) is 5.91 Å². The second-order valence-electron chi connectivity index (χ2n) is 4.71. The highest BCUT2D eigenvalue weighted by molar-refractivity contribution is 5.83. The first-order chi connectivity index (χ1) is 8.56. The Bertz CT molecular complexity index is 342. The van der Waals surface area contributed by atoms with Gasteiger partial charge >= 0.3 is 6.18 Å². The Kier molecular flexibility index (Phi) is 6.07. The second-order valence-corrected chi connectivity index (χ2v) is 4.71. The van der Waals surface area contributed by atoms with Gasteiger partial charge in [-0.2, -0.15) is 13.2 Å². The first kappa shape index (κ1) is 17.5. The number of oxime groups is 1. The quantitative estimate of drug-likeness (QED) is 0.243. The lowest BCUT2D eigenvalue weighted by molar-refractivity contribution is -0.155. The van der Waals surface area contributed by atoms with Crippen molar-refractivity contribution in [3.8, 4) is 0 Å². The predicted octanol–water partition coefficient (Wildman–Crippen LogP) is 0.273. The summed E-state index contributed by atoms with van der Waals surface area (Å²) in [6.07, 6.45) is -4.62. The van der Waals surface area contributed by atoms with Crippen molar-refractivity contribution in [3.05, 3.63) is 0 Å². The fourth-order valence-electron chi connectivity index (χ4n) is 1.41. The number of carbonyl (C=O) groups is 1. The van der Waals surface area contributed by atoms with Crippen LogP contribution in [0.1, 0.15) is 13.8 Å². The van der Waals surface area contributed by atoms with Crippen molar-refractivity contribution in [2.24, 2.45) is 22.2 Å². The first-order valence-corrected chi connectivity index (χ1v) is 5.53. The number of nitrogens with two attached hydrogens (primary N) is 1. The maximum absolute atomic E-state index is 12.6. The van der Waals surface area contributed by atoms with E-state index >= 15 is 0 Å². The minimum atomic E-state index is -4.62. The Morgan fingerprint density at radius 2 is 1.95 bits per heavy atom. The van der Waals surface area contributed by atoms with Crippen LogP contribution < -0.4 is 16.4 Å². The molecule has 0 fully saturated rings. The Morgan fingerprint density at radius 1 is 1.42 bits per heavy atom. The number of carbonyl (C=O) groups excluding carboxylic acids is 1. The van der Waals surface area contributed by atoms with E-state index in [0.717, 1.165) is 0 Å². The number of halogens is 3. The SMILES string of the molecule is CNC(=O)C(C)(C)CNCC(C(N)=NO)C(F)(F)F. The van der Waals surface area contributed by atoms with Crippen molar-refractivity contribution in [1.29, 1.82) is 0 Å². The summed E-state index contributed by atoms with van der Waals surface area (Å²) >= 11 is 0. The number of hydrogen-bond acceptors (Lipinski definition) is 4. The molecule has 0 aromatic rings. The standard InChI is InChI=1S/C10H19F3N4O2/c1-9(2,8(18)15-3)5-16-4-6(7(14)17-19)10(11,12)13/h6,16,19H,4-5H2,1-3H3,(H2,14,17)(H,15,18). The van der Waals surface area contributed by atoms with Crippen LogP contribution in [-0.4, -0.2) is 43.3 Å². The van der Waals surface area contributed by atoms with Gasteiger partial charge < -0.3 is 21.6 Å². The number of nitrogens with zero attached hydrogens (tertiary/aromatic N) is 1. The van der Waals surface area contributed by atoms with E-state index in [0.29, 0.717) is 0 Å². The van der Waals surface area contributed by atoms with E-state index in [1.165, 1.54) is 7.05 Å². The molecule has 0 heterocycles. The van der Waals surface area contributed by atoms with Crippen molar-refractivity contribution in [1.82, 2.24) is 10.6 Å². The largest absolute Gasteiger partial charge is 0.409 e. The van der Waals surface area contributed by atoms with Crippen LogP contribution in [0.5, 0.6) is 0 Å². The Balaban J connectivity index is 4.56. The Hall–Kier alpha value is -1.51. The fraction of sp³-hybridized carbons (Fsp3) is 0.800. The molecule has 0 radical (unpaired) electrons. The van der Waals surface area contributed by atoms with E-state index in [4.69, 9.17) is 10.9 Å². The average molecular weight is 284 g/mol. The van der Waals surface area contributed by atoms with Crippen LogP contribution in [0.25, 0.3) is 0 Å². The third-order valence-corrected chi connectivity index (χ3v) is 2.62. The van der Waals surface area contributed by atoms with Gasteiger partial charge in [-0.1, -0.05) is 5.16 Å². The highest BCUT2D eigenvalue weighted by Crippen LogP contribution is 2.26. The molecule has 0 aliphatic carbocycles. The zero-order valence-electron chi connectivity index (χ0n) is 11.0. The third kappa shape index (κ3) is 5.33. The molecule has 0 aliphatic rings. The lowest BCUT2D eigenvalue weighted by atomic mass is 9.92. The van der Waals surface area contributed by atoms with Crippen molar-refractivity contribution in [3.63, 3.8) is 0 Å². The minimum absolute atomic E-state index is 0.0258. The van der Waals surface area contributed by atoms with Gasteiger partial charge in [0.1, 0.15) is 5.92 Å². The van der Waals surface area contributed by atoms with Crippen LogP contribution in [-0.2, 0) is 4.79 Å². The smallest absolute Gasteiger partial charge is 0.400 e. The molecule has 0 spiro atoms. The average Bonchev–Trinajstić information content (AvgIpc) is 2.31. The molecular formula is C10H19F3N4O2. The predicted molar refractivity (Wildman–Crippen MR) is 63.7 cm³/mol. The molecule has 112 valence electrons. The summed E-state index contributed by atoms with van der Waals surface area (Å²) in [7, 11) is 1.44. The van der Waals surface area contributed by atoms with E-state index in [2.05, 4.69) is 15.8 Å². The van der Waals surface area contributed by atoms with Gasteiger partial charge in [-0.05, 0) is 13.8 Å². The van der Waals surface area contributed by atoms with E-state index < -0.39 is 29.9 Å². The van der Waals surface area contributed by atoms with Gasteiger partial charge in [0.25, 0.3) is 0 Å². The molecule has 5 N–H and O–H groups in total. The summed E-state index contributed by atoms with van der Waals surface area (Å²) in [6.45, 7) is 2.63. The molecule has 0 aromatic carbocycles. The summed E-state index contributed by atoms with van der Waals surface area (Å²) in [6, 6.07) is 0. The molecule has 0 aliphatic heterocycles. The molecule has 0 bridgehead atoms. The van der Waals surface area contributed by atoms with Crippen LogP contribution in [0.4, 0.5) is 13.2 Å². The zero-order valence-corrected chi connectivity index (χ0v) is 11.0.